The van der Waals surface area contributed by atoms with Gasteiger partial charge in [0.05, 0.1) is 0 Å². The van der Waals surface area contributed by atoms with Crippen LogP contribution in [0, 0.1) is 6.92 Å². The van der Waals surface area contributed by atoms with Crippen molar-refractivity contribution in [1.82, 2.24) is 0 Å². The van der Waals surface area contributed by atoms with Gasteiger partial charge in [-0.1, -0.05) is 17.7 Å². The van der Waals surface area contributed by atoms with Crippen molar-refractivity contribution < 1.29 is 0 Å². The summed E-state index contributed by atoms with van der Waals surface area (Å²) in [5.41, 5.74) is 9.92. The Balaban J connectivity index is 2.56. The van der Waals surface area contributed by atoms with Crippen LogP contribution in [-0.2, 0) is 6.42 Å². The number of nitrogens with two attached hydrogens (primary N) is 1. The summed E-state index contributed by atoms with van der Waals surface area (Å²) in [4.78, 5) is 0. The largest absolute Gasteiger partial charge is 0.324 e. The monoisotopic (exact) mass is 195 g/mol. The molecule has 0 spiro atoms. The molecule has 1 aromatic rings. The average Bonchev–Trinajstić information content (AvgIpc) is 2.12. The zero-order valence-corrected chi connectivity index (χ0v) is 8.56. The number of rotatable bonds is 0. The van der Waals surface area contributed by atoms with Gasteiger partial charge in [-0.2, -0.15) is 0 Å². The van der Waals surface area contributed by atoms with Gasteiger partial charge in [0.1, 0.15) is 0 Å². The standard InChI is InChI=1S/C11H14ClN/c1-7-8-3-2-4-11(13)9(8)5-6-10(7)12/h5-6,11H,2-4,13H2,1H3. The molecule has 0 saturated heterocycles. The molecule has 0 bridgehead atoms. The predicted octanol–water partition coefficient (Wildman–Crippen LogP) is 2.98. The first kappa shape index (κ1) is 9.04. The van der Waals surface area contributed by atoms with Gasteiger partial charge >= 0.3 is 0 Å². The van der Waals surface area contributed by atoms with Gasteiger partial charge in [0.25, 0.3) is 0 Å². The summed E-state index contributed by atoms with van der Waals surface area (Å²) >= 11 is 6.05. The molecule has 2 heteroatoms. The van der Waals surface area contributed by atoms with Crippen LogP contribution in [0.2, 0.25) is 5.02 Å². The van der Waals surface area contributed by atoms with E-state index in [4.69, 9.17) is 17.3 Å². The summed E-state index contributed by atoms with van der Waals surface area (Å²) in [7, 11) is 0. The molecule has 1 unspecified atom stereocenters. The van der Waals surface area contributed by atoms with E-state index in [9.17, 15) is 0 Å². The molecule has 1 aliphatic rings. The van der Waals surface area contributed by atoms with E-state index in [1.165, 1.54) is 23.1 Å². The number of hydrogen-bond acceptors (Lipinski definition) is 1. The summed E-state index contributed by atoms with van der Waals surface area (Å²) in [6, 6.07) is 4.26. The van der Waals surface area contributed by atoms with E-state index in [1.807, 2.05) is 6.07 Å². The number of hydrogen-bond donors (Lipinski definition) is 1. The molecule has 2 rings (SSSR count). The van der Waals surface area contributed by atoms with Crippen molar-refractivity contribution in [2.75, 3.05) is 0 Å². The quantitative estimate of drug-likeness (QED) is 0.677. The molecule has 13 heavy (non-hydrogen) atoms. The van der Waals surface area contributed by atoms with Gasteiger partial charge < -0.3 is 5.73 Å². The van der Waals surface area contributed by atoms with Crippen molar-refractivity contribution in [2.45, 2.75) is 32.2 Å². The lowest BCUT2D eigenvalue weighted by atomic mass is 9.86. The van der Waals surface area contributed by atoms with Crippen molar-refractivity contribution >= 4 is 11.6 Å². The fourth-order valence-corrected chi connectivity index (χ4v) is 2.26. The predicted molar refractivity (Wildman–Crippen MR) is 56.1 cm³/mol. The molecule has 70 valence electrons. The molecule has 0 radical (unpaired) electrons. The Morgan fingerprint density at radius 2 is 2.23 bits per heavy atom. The number of halogens is 1. The van der Waals surface area contributed by atoms with Crippen molar-refractivity contribution in [3.05, 3.63) is 33.8 Å². The molecule has 0 amide bonds. The van der Waals surface area contributed by atoms with Crippen LogP contribution >= 0.6 is 11.6 Å². The lowest BCUT2D eigenvalue weighted by Gasteiger charge is -2.24. The summed E-state index contributed by atoms with van der Waals surface area (Å²) in [6.45, 7) is 2.08. The highest BCUT2D eigenvalue weighted by atomic mass is 35.5. The van der Waals surface area contributed by atoms with Crippen LogP contribution in [0.3, 0.4) is 0 Å². The maximum Gasteiger partial charge on any atom is 0.0438 e. The molecule has 0 saturated carbocycles. The molecule has 1 aliphatic carbocycles. The van der Waals surface area contributed by atoms with Crippen LogP contribution in [0.4, 0.5) is 0 Å². The smallest absolute Gasteiger partial charge is 0.0438 e. The van der Waals surface area contributed by atoms with E-state index in [-0.39, 0.29) is 6.04 Å². The van der Waals surface area contributed by atoms with E-state index in [0.29, 0.717) is 0 Å². The third-order valence-corrected chi connectivity index (χ3v) is 3.32. The molecule has 0 aliphatic heterocycles. The van der Waals surface area contributed by atoms with Crippen LogP contribution in [0.1, 0.15) is 35.6 Å². The van der Waals surface area contributed by atoms with Gasteiger partial charge in [0, 0.05) is 11.1 Å². The molecule has 1 aromatic carbocycles. The average molecular weight is 196 g/mol. The summed E-state index contributed by atoms with van der Waals surface area (Å²) in [6.07, 6.45) is 3.43. The Labute approximate surface area is 83.9 Å². The minimum atomic E-state index is 0.222. The van der Waals surface area contributed by atoms with Crippen LogP contribution in [0.5, 0.6) is 0 Å². The van der Waals surface area contributed by atoms with Gasteiger partial charge in [0.2, 0.25) is 0 Å². The SMILES string of the molecule is Cc1c(Cl)ccc2c1CCCC2N. The van der Waals surface area contributed by atoms with Gasteiger partial charge in [0.15, 0.2) is 0 Å². The zero-order valence-electron chi connectivity index (χ0n) is 7.81. The van der Waals surface area contributed by atoms with E-state index >= 15 is 0 Å². The van der Waals surface area contributed by atoms with E-state index < -0.39 is 0 Å². The number of benzene rings is 1. The zero-order chi connectivity index (χ0) is 9.42. The van der Waals surface area contributed by atoms with Crippen molar-refractivity contribution in [2.24, 2.45) is 5.73 Å². The van der Waals surface area contributed by atoms with Crippen LogP contribution in [-0.4, -0.2) is 0 Å². The first-order valence-corrected chi connectivity index (χ1v) is 5.11. The molecule has 2 N–H and O–H groups in total. The third kappa shape index (κ3) is 1.47. The van der Waals surface area contributed by atoms with Gasteiger partial charge in [-0.15, -0.1) is 0 Å². The van der Waals surface area contributed by atoms with Crippen LogP contribution in [0.15, 0.2) is 12.1 Å². The van der Waals surface area contributed by atoms with E-state index in [1.54, 1.807) is 0 Å². The summed E-state index contributed by atoms with van der Waals surface area (Å²) in [5.74, 6) is 0. The topological polar surface area (TPSA) is 26.0 Å². The summed E-state index contributed by atoms with van der Waals surface area (Å²) in [5, 5.41) is 0.868. The van der Waals surface area contributed by atoms with E-state index in [0.717, 1.165) is 17.9 Å². The van der Waals surface area contributed by atoms with Crippen LogP contribution < -0.4 is 5.73 Å². The van der Waals surface area contributed by atoms with E-state index in [2.05, 4.69) is 13.0 Å². The normalized spacial score (nSPS) is 21.3. The van der Waals surface area contributed by atoms with Gasteiger partial charge in [-0.25, -0.2) is 0 Å². The second kappa shape index (κ2) is 3.32. The second-order valence-electron chi connectivity index (χ2n) is 3.74. The first-order valence-electron chi connectivity index (χ1n) is 4.73. The minimum absolute atomic E-state index is 0.222. The minimum Gasteiger partial charge on any atom is -0.324 e. The lowest BCUT2D eigenvalue weighted by molar-refractivity contribution is 0.568. The Kier molecular flexibility index (Phi) is 2.31. The summed E-state index contributed by atoms with van der Waals surface area (Å²) < 4.78 is 0. The number of fused-ring (bicyclic) bond motifs is 1. The maximum atomic E-state index is 6.05. The first-order chi connectivity index (χ1) is 6.20. The van der Waals surface area contributed by atoms with Gasteiger partial charge in [-0.3, -0.25) is 0 Å². The Bertz CT molecular complexity index is 333. The molecule has 1 nitrogen and oxygen atoms in total. The fraction of sp³-hybridized carbons (Fsp3) is 0.455. The van der Waals surface area contributed by atoms with Crippen molar-refractivity contribution in [1.29, 1.82) is 0 Å². The van der Waals surface area contributed by atoms with Crippen molar-refractivity contribution in [3.8, 4) is 0 Å². The molecule has 1 atom stereocenters. The Morgan fingerprint density at radius 3 is 3.00 bits per heavy atom. The fourth-order valence-electron chi connectivity index (χ4n) is 2.08. The van der Waals surface area contributed by atoms with Crippen LogP contribution in [0.25, 0.3) is 0 Å². The molecular formula is C11H14ClN. The van der Waals surface area contributed by atoms with Crippen molar-refractivity contribution in [3.63, 3.8) is 0 Å². The second-order valence-corrected chi connectivity index (χ2v) is 4.15. The molecular weight excluding hydrogens is 182 g/mol. The molecule has 0 heterocycles. The lowest BCUT2D eigenvalue weighted by Crippen LogP contribution is -2.18. The Morgan fingerprint density at radius 1 is 1.46 bits per heavy atom. The highest BCUT2D eigenvalue weighted by Crippen LogP contribution is 2.32. The molecule has 0 aromatic heterocycles. The highest BCUT2D eigenvalue weighted by molar-refractivity contribution is 6.31. The molecule has 0 fully saturated rings. The Hall–Kier alpha value is -0.530. The van der Waals surface area contributed by atoms with Gasteiger partial charge in [-0.05, 0) is 48.9 Å². The maximum absolute atomic E-state index is 6.05. The third-order valence-electron chi connectivity index (χ3n) is 2.91. The highest BCUT2D eigenvalue weighted by Gasteiger charge is 2.18.